The average Bonchev–Trinajstić information content (AvgIpc) is 2.84. The Morgan fingerprint density at radius 2 is 2.19 bits per heavy atom. The van der Waals surface area contributed by atoms with Gasteiger partial charge in [-0.3, -0.25) is 23.7 Å². The molecule has 2 unspecified atom stereocenters. The molecule has 0 aliphatic carbocycles. The van der Waals surface area contributed by atoms with Crippen LogP contribution in [0, 0.1) is 6.92 Å². The number of aliphatic hydroxyl groups excluding tert-OH is 1. The molecule has 14 heteroatoms. The van der Waals surface area contributed by atoms with Gasteiger partial charge in [0, 0.05) is 11.8 Å². The lowest BCUT2D eigenvalue weighted by molar-refractivity contribution is -0.138. The SMILES string of the molecule is Cc1cn([C@H]2O[C@@H](COP(=O)(O)N[C@@H](C)C(=O)O)[C@@H](O)C2F)c(=O)[nH]c1=O. The molecular formula is C13H19FN3O9P. The van der Waals surface area contributed by atoms with E-state index >= 15 is 0 Å². The molecule has 6 atom stereocenters. The summed E-state index contributed by atoms with van der Waals surface area (Å²) in [4.78, 5) is 45.5. The third-order valence-electron chi connectivity index (χ3n) is 3.85. The molecule has 0 bridgehead atoms. The van der Waals surface area contributed by atoms with E-state index in [1.54, 1.807) is 0 Å². The van der Waals surface area contributed by atoms with Gasteiger partial charge in [0.15, 0.2) is 12.4 Å². The molecule has 1 fully saturated rings. The van der Waals surface area contributed by atoms with Gasteiger partial charge in [-0.25, -0.2) is 18.8 Å². The molecule has 2 rings (SSSR count). The third-order valence-corrected chi connectivity index (χ3v) is 5.07. The van der Waals surface area contributed by atoms with Gasteiger partial charge in [-0.2, -0.15) is 0 Å². The number of hydrogen-bond acceptors (Lipinski definition) is 7. The summed E-state index contributed by atoms with van der Waals surface area (Å²) in [6, 6.07) is -1.40. The van der Waals surface area contributed by atoms with E-state index in [2.05, 4.69) is 4.52 Å². The van der Waals surface area contributed by atoms with Crippen molar-refractivity contribution < 1.29 is 38.1 Å². The second kappa shape index (κ2) is 8.00. The molecule has 27 heavy (non-hydrogen) atoms. The predicted octanol–water partition coefficient (Wildman–Crippen LogP) is -1.38. The molecule has 0 aromatic carbocycles. The van der Waals surface area contributed by atoms with Gasteiger partial charge in [-0.05, 0) is 13.8 Å². The number of carboxylic acids is 1. The van der Waals surface area contributed by atoms with E-state index in [-0.39, 0.29) is 5.56 Å². The Bertz CT molecular complexity index is 871. The average molecular weight is 411 g/mol. The monoisotopic (exact) mass is 411 g/mol. The van der Waals surface area contributed by atoms with Gasteiger partial charge in [-0.1, -0.05) is 0 Å². The Labute approximate surface area is 151 Å². The third kappa shape index (κ3) is 4.89. The van der Waals surface area contributed by atoms with E-state index in [4.69, 9.17) is 9.84 Å². The maximum absolute atomic E-state index is 14.4. The smallest absolute Gasteiger partial charge is 0.403 e. The lowest BCUT2D eigenvalue weighted by atomic mass is 10.1. The van der Waals surface area contributed by atoms with Crippen LogP contribution in [0.3, 0.4) is 0 Å². The first-order chi connectivity index (χ1) is 12.4. The Balaban J connectivity index is 2.10. The summed E-state index contributed by atoms with van der Waals surface area (Å²) >= 11 is 0. The topological polar surface area (TPSA) is 180 Å². The second-order valence-electron chi connectivity index (χ2n) is 5.98. The zero-order valence-corrected chi connectivity index (χ0v) is 15.1. The highest BCUT2D eigenvalue weighted by Crippen LogP contribution is 2.40. The normalized spacial score (nSPS) is 28.6. The van der Waals surface area contributed by atoms with Crippen LogP contribution in [-0.4, -0.2) is 61.7 Å². The van der Waals surface area contributed by atoms with Gasteiger partial charge >= 0.3 is 19.4 Å². The molecule has 5 N–H and O–H groups in total. The quantitative estimate of drug-likeness (QED) is 0.336. The molecule has 152 valence electrons. The number of aliphatic carboxylic acids is 1. The number of nitrogens with one attached hydrogen (secondary N) is 2. The first-order valence-electron chi connectivity index (χ1n) is 7.70. The van der Waals surface area contributed by atoms with Crippen LogP contribution >= 0.6 is 7.75 Å². The molecule has 1 aliphatic heterocycles. The molecule has 12 nitrogen and oxygen atoms in total. The molecule has 1 aromatic rings. The summed E-state index contributed by atoms with van der Waals surface area (Å²) in [5.74, 6) is -1.40. The zero-order valence-electron chi connectivity index (χ0n) is 14.2. The zero-order chi connectivity index (χ0) is 20.5. The number of aliphatic hydroxyl groups is 1. The van der Waals surface area contributed by atoms with Crippen LogP contribution in [0.15, 0.2) is 15.8 Å². The standard InChI is InChI=1S/C13H19FN3O9P/c1-5-3-17(13(22)15-10(5)19)11-8(14)9(18)7(26-11)4-25-27(23,24)16-6(2)12(20)21/h3,6-9,11,18H,4H2,1-2H3,(H,20,21)(H,15,19,22)(H2,16,23,24)/t6-,7-,8?,9+,11-/m0/s1. The maximum Gasteiger partial charge on any atom is 0.403 e. The van der Waals surface area contributed by atoms with Crippen LogP contribution in [0.1, 0.15) is 18.7 Å². The number of carbonyl (C=O) groups is 1. The summed E-state index contributed by atoms with van der Waals surface area (Å²) in [6.45, 7) is 1.72. The number of halogens is 1. The van der Waals surface area contributed by atoms with Crippen molar-refractivity contribution in [3.63, 3.8) is 0 Å². The number of alkyl halides is 1. The van der Waals surface area contributed by atoms with E-state index in [0.29, 0.717) is 0 Å². The first-order valence-corrected chi connectivity index (χ1v) is 9.28. The van der Waals surface area contributed by atoms with Crippen molar-refractivity contribution >= 4 is 13.7 Å². The Hall–Kier alpha value is -1.89. The fourth-order valence-corrected chi connectivity index (χ4v) is 3.38. The van der Waals surface area contributed by atoms with E-state index in [1.807, 2.05) is 10.1 Å². The van der Waals surface area contributed by atoms with Crippen LogP contribution < -0.4 is 16.3 Å². The minimum atomic E-state index is -4.58. The van der Waals surface area contributed by atoms with Crippen molar-refractivity contribution in [3.8, 4) is 0 Å². The molecule has 1 aromatic heterocycles. The number of nitrogens with zero attached hydrogens (tertiary/aromatic N) is 1. The molecule has 0 amide bonds. The second-order valence-corrected chi connectivity index (χ2v) is 7.54. The van der Waals surface area contributed by atoms with Crippen LogP contribution in [0.2, 0.25) is 0 Å². The Morgan fingerprint density at radius 3 is 2.78 bits per heavy atom. The minimum Gasteiger partial charge on any atom is -0.480 e. The van der Waals surface area contributed by atoms with E-state index < -0.39 is 62.2 Å². The molecule has 0 spiro atoms. The largest absolute Gasteiger partial charge is 0.480 e. The van der Waals surface area contributed by atoms with Crippen molar-refractivity contribution in [2.75, 3.05) is 6.61 Å². The maximum atomic E-state index is 14.4. The van der Waals surface area contributed by atoms with Gasteiger partial charge in [0.1, 0.15) is 18.2 Å². The Kier molecular flexibility index (Phi) is 6.35. The summed E-state index contributed by atoms with van der Waals surface area (Å²) in [5.41, 5.74) is -1.52. The molecule has 1 aliphatic rings. The van der Waals surface area contributed by atoms with Crippen molar-refractivity contribution in [1.29, 1.82) is 0 Å². The van der Waals surface area contributed by atoms with Gasteiger partial charge in [0.2, 0.25) is 0 Å². The first kappa shape index (κ1) is 21.4. The van der Waals surface area contributed by atoms with E-state index in [0.717, 1.165) is 17.7 Å². The van der Waals surface area contributed by atoms with Crippen LogP contribution in [0.25, 0.3) is 0 Å². The lowest BCUT2D eigenvalue weighted by Crippen LogP contribution is -2.37. The van der Waals surface area contributed by atoms with Crippen molar-refractivity contribution in [2.24, 2.45) is 0 Å². The van der Waals surface area contributed by atoms with Crippen LogP contribution in [-0.2, 0) is 18.6 Å². The van der Waals surface area contributed by atoms with E-state index in [1.165, 1.54) is 6.92 Å². The van der Waals surface area contributed by atoms with Crippen molar-refractivity contribution in [1.82, 2.24) is 14.6 Å². The summed E-state index contributed by atoms with van der Waals surface area (Å²) in [7, 11) is -4.58. The number of rotatable bonds is 7. The highest BCUT2D eigenvalue weighted by atomic mass is 31.2. The predicted molar refractivity (Wildman–Crippen MR) is 86.9 cm³/mol. The molecule has 0 saturated carbocycles. The van der Waals surface area contributed by atoms with Gasteiger partial charge in [0.05, 0.1) is 6.61 Å². The number of carboxylic acid groups (broad SMARTS) is 1. The number of hydrogen-bond donors (Lipinski definition) is 5. The minimum absolute atomic E-state index is 0.103. The highest BCUT2D eigenvalue weighted by molar-refractivity contribution is 7.50. The van der Waals surface area contributed by atoms with E-state index in [9.17, 15) is 33.3 Å². The Morgan fingerprint density at radius 1 is 1.56 bits per heavy atom. The summed E-state index contributed by atoms with van der Waals surface area (Å²) in [5, 5.41) is 20.5. The number of aryl methyl sites for hydroxylation is 1. The van der Waals surface area contributed by atoms with Gasteiger partial charge < -0.3 is 19.8 Å². The number of H-pyrrole nitrogens is 1. The van der Waals surface area contributed by atoms with Gasteiger partial charge in [-0.15, -0.1) is 0 Å². The number of ether oxygens (including phenoxy) is 1. The number of aromatic amines is 1. The summed E-state index contributed by atoms with van der Waals surface area (Å²) < 4.78 is 36.8. The molecule has 0 radical (unpaired) electrons. The molecule has 2 heterocycles. The number of aromatic nitrogens is 2. The lowest BCUT2D eigenvalue weighted by Gasteiger charge is -2.19. The van der Waals surface area contributed by atoms with Gasteiger partial charge in [0.25, 0.3) is 5.56 Å². The molecule has 1 saturated heterocycles. The fraction of sp³-hybridized carbons (Fsp3) is 0.615. The fourth-order valence-electron chi connectivity index (χ4n) is 2.35. The molecular weight excluding hydrogens is 392 g/mol. The van der Waals surface area contributed by atoms with Crippen LogP contribution in [0.4, 0.5) is 4.39 Å². The summed E-state index contributed by atoms with van der Waals surface area (Å²) in [6.07, 6.45) is -5.86. The van der Waals surface area contributed by atoms with Crippen LogP contribution in [0.5, 0.6) is 0 Å². The van der Waals surface area contributed by atoms with Crippen molar-refractivity contribution in [2.45, 2.75) is 44.5 Å². The highest BCUT2D eigenvalue weighted by Gasteiger charge is 2.46. The van der Waals surface area contributed by atoms with Crippen molar-refractivity contribution in [3.05, 3.63) is 32.6 Å².